The maximum absolute atomic E-state index is 14.2. The van der Waals surface area contributed by atoms with Crippen LogP contribution in [-0.2, 0) is 9.36 Å². The van der Waals surface area contributed by atoms with Crippen LogP contribution in [0.3, 0.4) is 0 Å². The van der Waals surface area contributed by atoms with E-state index in [0.29, 0.717) is 23.5 Å². The van der Waals surface area contributed by atoms with Crippen molar-refractivity contribution in [1.82, 2.24) is 0 Å². The Morgan fingerprint density at radius 3 is 1.55 bits per heavy atom. The van der Waals surface area contributed by atoms with Crippen molar-refractivity contribution in [1.29, 1.82) is 0 Å². The molecule has 0 heterocycles. The predicted molar refractivity (Wildman–Crippen MR) is 92.3 cm³/mol. The third-order valence-electron chi connectivity index (χ3n) is 4.47. The number of carbonyl (C=O) groups is 1. The quantitative estimate of drug-likeness (QED) is 0.833. The maximum atomic E-state index is 14.2. The van der Waals surface area contributed by atoms with Gasteiger partial charge >= 0.3 is 0 Å². The second kappa shape index (κ2) is 6.50. The Kier molecular flexibility index (Phi) is 4.87. The summed E-state index contributed by atoms with van der Waals surface area (Å²) in [5.74, 6) is -0.492. The van der Waals surface area contributed by atoms with E-state index in [1.165, 1.54) is 0 Å². The third-order valence-corrected chi connectivity index (χ3v) is 8.58. The molecule has 0 aliphatic carbocycles. The van der Waals surface area contributed by atoms with Crippen LogP contribution in [-0.4, -0.2) is 11.1 Å². The molecular weight excluding hydrogens is 293 g/mol. The molecule has 0 atom stereocenters. The largest absolute Gasteiger partial charge is 0.369 e. The van der Waals surface area contributed by atoms with Crippen LogP contribution in [0.5, 0.6) is 0 Å². The average molecular weight is 315 g/mol. The van der Waals surface area contributed by atoms with Crippen LogP contribution < -0.4 is 16.3 Å². The van der Waals surface area contributed by atoms with Crippen LogP contribution in [0.25, 0.3) is 0 Å². The van der Waals surface area contributed by atoms with E-state index in [2.05, 4.69) is 0 Å². The first-order chi connectivity index (χ1) is 10.5. The van der Waals surface area contributed by atoms with Gasteiger partial charge in [0.2, 0.25) is 5.91 Å². The molecule has 2 rings (SSSR count). The van der Waals surface area contributed by atoms with E-state index in [1.807, 2.05) is 74.5 Å². The fraction of sp³-hybridized carbons (Fsp3) is 0.278. The lowest BCUT2D eigenvalue weighted by molar-refractivity contribution is -0.120. The molecule has 22 heavy (non-hydrogen) atoms. The number of benzene rings is 2. The van der Waals surface area contributed by atoms with Crippen molar-refractivity contribution >= 4 is 23.7 Å². The van der Waals surface area contributed by atoms with Crippen LogP contribution in [0.15, 0.2) is 60.7 Å². The van der Waals surface area contributed by atoms with Gasteiger partial charge in [0, 0.05) is 10.6 Å². The Labute approximate surface area is 131 Å². The van der Waals surface area contributed by atoms with E-state index >= 15 is 0 Å². The molecule has 1 amide bonds. The fourth-order valence-electron chi connectivity index (χ4n) is 3.12. The van der Waals surface area contributed by atoms with Gasteiger partial charge < -0.3 is 10.3 Å². The minimum Gasteiger partial charge on any atom is -0.369 e. The van der Waals surface area contributed by atoms with Gasteiger partial charge in [-0.3, -0.25) is 4.79 Å². The molecule has 0 aromatic heterocycles. The lowest BCUT2D eigenvalue weighted by Crippen LogP contribution is -2.47. The van der Waals surface area contributed by atoms with Crippen molar-refractivity contribution in [3.05, 3.63) is 60.7 Å². The zero-order valence-corrected chi connectivity index (χ0v) is 13.9. The van der Waals surface area contributed by atoms with Gasteiger partial charge in [0.25, 0.3) is 0 Å². The number of rotatable bonds is 6. The van der Waals surface area contributed by atoms with Crippen molar-refractivity contribution in [2.45, 2.75) is 31.8 Å². The van der Waals surface area contributed by atoms with Gasteiger partial charge in [0.1, 0.15) is 5.16 Å². The normalized spacial score (nSPS) is 12.1. The Morgan fingerprint density at radius 1 is 0.909 bits per heavy atom. The van der Waals surface area contributed by atoms with Crippen LogP contribution in [0.2, 0.25) is 0 Å². The highest BCUT2D eigenvalue weighted by Gasteiger charge is 2.52. The topological polar surface area (TPSA) is 60.2 Å². The van der Waals surface area contributed by atoms with Crippen molar-refractivity contribution in [3.8, 4) is 0 Å². The lowest BCUT2D eigenvalue weighted by atomic mass is 10.0. The van der Waals surface area contributed by atoms with Crippen molar-refractivity contribution in [2.24, 2.45) is 5.73 Å². The molecule has 3 nitrogen and oxygen atoms in total. The molecule has 0 saturated carbocycles. The Balaban J connectivity index is 2.83. The monoisotopic (exact) mass is 315 g/mol. The van der Waals surface area contributed by atoms with Crippen LogP contribution >= 0.6 is 7.14 Å². The number of amides is 1. The number of hydrogen-bond donors (Lipinski definition) is 1. The first-order valence-corrected chi connectivity index (χ1v) is 9.25. The number of hydrogen-bond acceptors (Lipinski definition) is 2. The van der Waals surface area contributed by atoms with Crippen LogP contribution in [0, 0.1) is 0 Å². The molecule has 0 fully saturated rings. The summed E-state index contributed by atoms with van der Waals surface area (Å²) in [5, 5.41) is 0.308. The Bertz CT molecular complexity index is 635. The predicted octanol–water partition coefficient (Wildman–Crippen LogP) is 3.04. The summed E-state index contributed by atoms with van der Waals surface area (Å²) in [4.78, 5) is 12.3. The zero-order chi connectivity index (χ0) is 16.2. The van der Waals surface area contributed by atoms with Gasteiger partial charge in [-0.2, -0.15) is 0 Å². The second-order valence-corrected chi connectivity index (χ2v) is 8.49. The Hall–Kier alpha value is -1.86. The molecule has 0 aliphatic heterocycles. The number of nitrogens with two attached hydrogens (primary N) is 1. The third kappa shape index (κ3) is 2.40. The second-order valence-electron chi connectivity index (χ2n) is 5.38. The lowest BCUT2D eigenvalue weighted by Gasteiger charge is -2.37. The van der Waals surface area contributed by atoms with Gasteiger partial charge in [-0.1, -0.05) is 74.5 Å². The van der Waals surface area contributed by atoms with E-state index < -0.39 is 18.2 Å². The molecule has 0 unspecified atom stereocenters. The number of carbonyl (C=O) groups excluding carboxylic acids is 1. The summed E-state index contributed by atoms with van der Waals surface area (Å²) in [5.41, 5.74) is 5.74. The fourth-order valence-corrected chi connectivity index (χ4v) is 6.79. The summed E-state index contributed by atoms with van der Waals surface area (Å²) in [6, 6.07) is 18.5. The average Bonchev–Trinajstić information content (AvgIpc) is 2.57. The molecule has 0 saturated heterocycles. The van der Waals surface area contributed by atoms with Gasteiger partial charge in [0.15, 0.2) is 7.14 Å². The standard InChI is InChI=1S/C18H22NO2P/c1-3-18(4-2,17(19)20)22(21,15-11-7-5-8-12-15)16-13-9-6-10-14-16/h5-14H,3-4H2,1-2H3,(H2,19,20). The minimum atomic E-state index is -3.20. The smallest absolute Gasteiger partial charge is 0.231 e. The first kappa shape index (κ1) is 16.5. The van der Waals surface area contributed by atoms with Crippen LogP contribution in [0.1, 0.15) is 26.7 Å². The van der Waals surface area contributed by atoms with E-state index in [-0.39, 0.29) is 0 Å². The highest BCUT2D eigenvalue weighted by Crippen LogP contribution is 2.59. The summed E-state index contributed by atoms with van der Waals surface area (Å²) in [6.45, 7) is 3.76. The van der Waals surface area contributed by atoms with E-state index in [9.17, 15) is 9.36 Å². The summed E-state index contributed by atoms with van der Waals surface area (Å²) in [6.07, 6.45) is 0.889. The molecule has 0 aliphatic rings. The molecular formula is C18H22NO2P. The highest BCUT2D eigenvalue weighted by atomic mass is 31.2. The molecule has 2 aromatic rings. The molecule has 4 heteroatoms. The SMILES string of the molecule is CCC(CC)(C(N)=O)P(=O)(c1ccccc1)c1ccccc1. The Morgan fingerprint density at radius 2 is 1.27 bits per heavy atom. The van der Waals surface area contributed by atoms with E-state index in [0.717, 1.165) is 0 Å². The molecule has 116 valence electrons. The van der Waals surface area contributed by atoms with Gasteiger partial charge in [-0.05, 0) is 12.8 Å². The molecule has 0 radical (unpaired) electrons. The van der Waals surface area contributed by atoms with Crippen molar-refractivity contribution < 1.29 is 9.36 Å². The maximum Gasteiger partial charge on any atom is 0.231 e. The summed E-state index contributed by atoms with van der Waals surface area (Å²) in [7, 11) is -3.20. The van der Waals surface area contributed by atoms with Gasteiger partial charge in [0.05, 0.1) is 0 Å². The zero-order valence-electron chi connectivity index (χ0n) is 13.0. The highest BCUT2D eigenvalue weighted by molar-refractivity contribution is 7.80. The molecule has 0 spiro atoms. The van der Waals surface area contributed by atoms with Crippen LogP contribution in [0.4, 0.5) is 0 Å². The minimum absolute atomic E-state index is 0.444. The molecule has 2 aromatic carbocycles. The van der Waals surface area contributed by atoms with Gasteiger partial charge in [-0.15, -0.1) is 0 Å². The molecule has 2 N–H and O–H groups in total. The van der Waals surface area contributed by atoms with Gasteiger partial charge in [-0.25, -0.2) is 0 Å². The van der Waals surface area contributed by atoms with E-state index in [1.54, 1.807) is 0 Å². The van der Waals surface area contributed by atoms with Crippen molar-refractivity contribution in [3.63, 3.8) is 0 Å². The molecule has 0 bridgehead atoms. The first-order valence-electron chi connectivity index (χ1n) is 7.54. The summed E-state index contributed by atoms with van der Waals surface area (Å²) < 4.78 is 14.2. The van der Waals surface area contributed by atoms with Crippen molar-refractivity contribution in [2.75, 3.05) is 0 Å². The number of primary amides is 1. The van der Waals surface area contributed by atoms with E-state index in [4.69, 9.17) is 5.73 Å². The summed E-state index contributed by atoms with van der Waals surface area (Å²) >= 11 is 0.